The van der Waals surface area contributed by atoms with Gasteiger partial charge in [-0.2, -0.15) is 0 Å². The van der Waals surface area contributed by atoms with E-state index in [1.807, 2.05) is 19.9 Å². The number of hydrogen-bond acceptors (Lipinski definition) is 2. The van der Waals surface area contributed by atoms with Gasteiger partial charge in [-0.15, -0.1) is 0 Å². The third-order valence-electron chi connectivity index (χ3n) is 1.93. The van der Waals surface area contributed by atoms with Crippen molar-refractivity contribution in [3.05, 3.63) is 29.3 Å². The molecular formula is C10H14O2S. The van der Waals surface area contributed by atoms with Crippen LogP contribution in [0.3, 0.4) is 0 Å². The molecule has 3 heteroatoms. The highest BCUT2D eigenvalue weighted by Gasteiger charge is 2.11. The second-order valence-corrected chi connectivity index (χ2v) is 5.51. The largest absolute Gasteiger partial charge is 0.224 e. The van der Waals surface area contributed by atoms with Gasteiger partial charge in [-0.25, -0.2) is 8.42 Å². The Bertz CT molecular complexity index is 385. The van der Waals surface area contributed by atoms with Gasteiger partial charge in [0.15, 0.2) is 9.84 Å². The maximum Gasteiger partial charge on any atom is 0.178 e. The van der Waals surface area contributed by atoms with E-state index in [9.17, 15) is 8.42 Å². The summed E-state index contributed by atoms with van der Waals surface area (Å²) in [5.74, 6) is 0.163. The van der Waals surface area contributed by atoms with Crippen LogP contribution in [0.25, 0.3) is 0 Å². The number of hydrogen-bond donors (Lipinski definition) is 0. The van der Waals surface area contributed by atoms with Crippen LogP contribution in [-0.2, 0) is 9.84 Å². The SMILES string of the molecule is CCS(=O)(=O)c1cc(C)cc(C)c1. The molecule has 0 saturated heterocycles. The molecule has 0 bridgehead atoms. The zero-order chi connectivity index (χ0) is 10.1. The molecule has 0 heterocycles. The smallest absolute Gasteiger partial charge is 0.178 e. The van der Waals surface area contributed by atoms with Gasteiger partial charge >= 0.3 is 0 Å². The van der Waals surface area contributed by atoms with Crippen LogP contribution < -0.4 is 0 Å². The van der Waals surface area contributed by atoms with Gasteiger partial charge in [0, 0.05) is 0 Å². The van der Waals surface area contributed by atoms with Gasteiger partial charge in [-0.3, -0.25) is 0 Å². The molecule has 1 aromatic rings. The second kappa shape index (κ2) is 3.50. The summed E-state index contributed by atoms with van der Waals surface area (Å²) < 4.78 is 23.0. The molecule has 0 unspecified atom stereocenters. The van der Waals surface area contributed by atoms with Gasteiger partial charge < -0.3 is 0 Å². The molecule has 0 aromatic heterocycles. The quantitative estimate of drug-likeness (QED) is 0.729. The topological polar surface area (TPSA) is 34.1 Å². The zero-order valence-electron chi connectivity index (χ0n) is 8.16. The van der Waals surface area contributed by atoms with Crippen molar-refractivity contribution < 1.29 is 8.42 Å². The van der Waals surface area contributed by atoms with E-state index in [1.165, 1.54) is 0 Å². The molecule has 0 amide bonds. The number of benzene rings is 1. The Labute approximate surface area is 79.5 Å². The lowest BCUT2D eigenvalue weighted by Crippen LogP contribution is -2.04. The van der Waals surface area contributed by atoms with Crippen LogP contribution in [0.4, 0.5) is 0 Å². The van der Waals surface area contributed by atoms with Gasteiger partial charge in [-0.05, 0) is 37.1 Å². The fraction of sp³-hybridized carbons (Fsp3) is 0.400. The third-order valence-corrected chi connectivity index (χ3v) is 3.65. The molecule has 0 aliphatic heterocycles. The molecule has 0 aliphatic rings. The Hall–Kier alpha value is -0.830. The Kier molecular flexibility index (Phi) is 2.76. The van der Waals surface area contributed by atoms with E-state index in [4.69, 9.17) is 0 Å². The van der Waals surface area contributed by atoms with Crippen LogP contribution in [0.15, 0.2) is 23.1 Å². The molecule has 2 nitrogen and oxygen atoms in total. The highest BCUT2D eigenvalue weighted by atomic mass is 32.2. The molecule has 0 saturated carbocycles. The Morgan fingerprint density at radius 3 is 1.92 bits per heavy atom. The van der Waals surface area contributed by atoms with Crippen LogP contribution in [0.1, 0.15) is 18.1 Å². The first-order valence-corrected chi connectivity index (χ1v) is 5.92. The van der Waals surface area contributed by atoms with Crippen LogP contribution in [-0.4, -0.2) is 14.2 Å². The lowest BCUT2D eigenvalue weighted by atomic mass is 10.2. The molecule has 72 valence electrons. The second-order valence-electron chi connectivity index (χ2n) is 3.23. The summed E-state index contributed by atoms with van der Waals surface area (Å²) in [5, 5.41) is 0. The number of aryl methyl sites for hydroxylation is 2. The molecule has 0 radical (unpaired) electrons. The predicted molar refractivity (Wildman–Crippen MR) is 53.6 cm³/mol. The van der Waals surface area contributed by atoms with Crippen molar-refractivity contribution in [3.8, 4) is 0 Å². The van der Waals surface area contributed by atoms with Gasteiger partial charge in [-0.1, -0.05) is 13.0 Å². The normalized spacial score (nSPS) is 11.6. The van der Waals surface area contributed by atoms with Crippen LogP contribution in [0, 0.1) is 13.8 Å². The average molecular weight is 198 g/mol. The molecule has 0 atom stereocenters. The van der Waals surface area contributed by atoms with E-state index in [1.54, 1.807) is 19.1 Å². The highest BCUT2D eigenvalue weighted by Crippen LogP contribution is 2.15. The summed E-state index contributed by atoms with van der Waals surface area (Å²) in [4.78, 5) is 0.438. The summed E-state index contributed by atoms with van der Waals surface area (Å²) in [5.41, 5.74) is 1.99. The summed E-state index contributed by atoms with van der Waals surface area (Å²) >= 11 is 0. The molecule has 1 rings (SSSR count). The third kappa shape index (κ3) is 2.31. The molecule has 0 aliphatic carbocycles. The van der Waals surface area contributed by atoms with Crippen molar-refractivity contribution in [1.82, 2.24) is 0 Å². The first-order valence-electron chi connectivity index (χ1n) is 4.27. The van der Waals surface area contributed by atoms with E-state index in [2.05, 4.69) is 0 Å². The maximum absolute atomic E-state index is 11.5. The van der Waals surface area contributed by atoms with Crippen molar-refractivity contribution in [3.63, 3.8) is 0 Å². The predicted octanol–water partition coefficient (Wildman–Crippen LogP) is 2.10. The zero-order valence-corrected chi connectivity index (χ0v) is 8.98. The monoisotopic (exact) mass is 198 g/mol. The maximum atomic E-state index is 11.5. The van der Waals surface area contributed by atoms with Gasteiger partial charge in [0.25, 0.3) is 0 Å². The summed E-state index contributed by atoms with van der Waals surface area (Å²) in [6.07, 6.45) is 0. The van der Waals surface area contributed by atoms with Crippen molar-refractivity contribution >= 4 is 9.84 Å². The standard InChI is InChI=1S/C10H14O2S/c1-4-13(11,12)10-6-8(2)5-9(3)7-10/h5-7H,4H2,1-3H3. The minimum Gasteiger partial charge on any atom is -0.224 e. The Morgan fingerprint density at radius 2 is 1.54 bits per heavy atom. The van der Waals surface area contributed by atoms with E-state index in [0.29, 0.717) is 4.90 Å². The first kappa shape index (κ1) is 10.3. The van der Waals surface area contributed by atoms with Crippen molar-refractivity contribution in [2.24, 2.45) is 0 Å². The molecular weight excluding hydrogens is 184 g/mol. The molecule has 0 spiro atoms. The molecule has 0 N–H and O–H groups in total. The number of sulfone groups is 1. The minimum atomic E-state index is -3.04. The lowest BCUT2D eigenvalue weighted by molar-refractivity contribution is 0.597. The lowest BCUT2D eigenvalue weighted by Gasteiger charge is -2.04. The van der Waals surface area contributed by atoms with E-state index >= 15 is 0 Å². The highest BCUT2D eigenvalue weighted by molar-refractivity contribution is 7.91. The van der Waals surface area contributed by atoms with Crippen LogP contribution >= 0.6 is 0 Å². The fourth-order valence-electron chi connectivity index (χ4n) is 1.28. The summed E-state index contributed by atoms with van der Waals surface area (Å²) in [6, 6.07) is 5.40. The Morgan fingerprint density at radius 1 is 1.08 bits per heavy atom. The van der Waals surface area contributed by atoms with Gasteiger partial charge in [0.1, 0.15) is 0 Å². The summed E-state index contributed by atoms with van der Waals surface area (Å²) in [6.45, 7) is 5.47. The number of rotatable bonds is 2. The van der Waals surface area contributed by atoms with Crippen LogP contribution in [0.5, 0.6) is 0 Å². The van der Waals surface area contributed by atoms with E-state index in [-0.39, 0.29) is 5.75 Å². The van der Waals surface area contributed by atoms with E-state index in [0.717, 1.165) is 11.1 Å². The van der Waals surface area contributed by atoms with Crippen molar-refractivity contribution in [2.75, 3.05) is 5.75 Å². The fourth-order valence-corrected chi connectivity index (χ4v) is 2.34. The Balaban J connectivity index is 3.32. The van der Waals surface area contributed by atoms with E-state index < -0.39 is 9.84 Å². The molecule has 13 heavy (non-hydrogen) atoms. The van der Waals surface area contributed by atoms with Crippen LogP contribution in [0.2, 0.25) is 0 Å². The minimum absolute atomic E-state index is 0.163. The molecule has 1 aromatic carbocycles. The van der Waals surface area contributed by atoms with Crippen molar-refractivity contribution in [1.29, 1.82) is 0 Å². The van der Waals surface area contributed by atoms with Gasteiger partial charge in [0.2, 0.25) is 0 Å². The average Bonchev–Trinajstić information content (AvgIpc) is 2.02. The van der Waals surface area contributed by atoms with Gasteiger partial charge in [0.05, 0.1) is 10.6 Å². The summed E-state index contributed by atoms with van der Waals surface area (Å²) in [7, 11) is -3.04. The van der Waals surface area contributed by atoms with Crippen molar-refractivity contribution in [2.45, 2.75) is 25.7 Å². The molecule has 0 fully saturated rings. The first-order chi connectivity index (χ1) is 5.95.